The van der Waals surface area contributed by atoms with E-state index in [-0.39, 0.29) is 5.97 Å². The number of carbonyl (C=O) groups is 1. The molecule has 1 saturated heterocycles. The van der Waals surface area contributed by atoms with Crippen molar-refractivity contribution < 1.29 is 23.7 Å². The number of esters is 1. The first kappa shape index (κ1) is 26.5. The Morgan fingerprint density at radius 1 is 1.12 bits per heavy atom. The van der Waals surface area contributed by atoms with Crippen molar-refractivity contribution in [2.75, 3.05) is 20.8 Å². The van der Waals surface area contributed by atoms with Crippen molar-refractivity contribution in [1.29, 1.82) is 0 Å². The fraction of sp³-hybridized carbons (Fsp3) is 0.519. The van der Waals surface area contributed by atoms with Crippen LogP contribution in [0.4, 0.5) is 0 Å². The van der Waals surface area contributed by atoms with Gasteiger partial charge in [0.1, 0.15) is 28.9 Å². The Hall–Kier alpha value is -2.09. The van der Waals surface area contributed by atoms with Crippen LogP contribution in [0.5, 0.6) is 11.5 Å². The first-order valence-electron chi connectivity index (χ1n) is 11.6. The second-order valence-electron chi connectivity index (χ2n) is 9.81. The largest absolute Gasteiger partial charge is 0.496 e. The minimum Gasteiger partial charge on any atom is -0.496 e. The van der Waals surface area contributed by atoms with Gasteiger partial charge >= 0.3 is 5.97 Å². The van der Waals surface area contributed by atoms with Gasteiger partial charge in [-0.15, -0.1) is 0 Å². The van der Waals surface area contributed by atoms with E-state index >= 15 is 0 Å². The summed E-state index contributed by atoms with van der Waals surface area (Å²) < 4.78 is 23.2. The molecule has 0 saturated carbocycles. The molecule has 0 aliphatic carbocycles. The molecule has 2 aromatic carbocycles. The second kappa shape index (κ2) is 11.1. The highest BCUT2D eigenvalue weighted by atomic mass is 79.9. The molecule has 0 aromatic heterocycles. The molecule has 186 valence electrons. The van der Waals surface area contributed by atoms with Gasteiger partial charge in [0.15, 0.2) is 0 Å². The van der Waals surface area contributed by atoms with Crippen LogP contribution in [0.15, 0.2) is 36.4 Å². The molecule has 2 aromatic rings. The van der Waals surface area contributed by atoms with E-state index in [4.69, 9.17) is 18.9 Å². The third kappa shape index (κ3) is 6.74. The standard InChI is InChI=1S/C27H36BrNO5/c1-26(2,3)34-25(30)22(29-27(4)12-7-13-33-27)16-21-23(31-5)14-20(15-24(21)32-6)19-10-8-18(17-28)9-11-19/h8-11,14-15,22,29H,7,12-13,16-17H2,1-6H3/t22-,27?/m0/s1. The minimum absolute atomic E-state index is 0.331. The summed E-state index contributed by atoms with van der Waals surface area (Å²) in [5.41, 5.74) is 2.85. The van der Waals surface area contributed by atoms with Gasteiger partial charge in [0, 0.05) is 23.9 Å². The lowest BCUT2D eigenvalue weighted by Crippen LogP contribution is -2.53. The van der Waals surface area contributed by atoms with Crippen LogP contribution in [0, 0.1) is 0 Å². The quantitative estimate of drug-likeness (QED) is 0.332. The molecule has 1 aliphatic heterocycles. The van der Waals surface area contributed by atoms with Crippen LogP contribution >= 0.6 is 15.9 Å². The Morgan fingerprint density at radius 3 is 2.21 bits per heavy atom. The van der Waals surface area contributed by atoms with Gasteiger partial charge in [0.2, 0.25) is 0 Å². The average Bonchev–Trinajstić information content (AvgIpc) is 3.23. The highest BCUT2D eigenvalue weighted by molar-refractivity contribution is 9.08. The fourth-order valence-corrected chi connectivity index (χ4v) is 4.54. The van der Waals surface area contributed by atoms with Crippen molar-refractivity contribution >= 4 is 21.9 Å². The highest BCUT2D eigenvalue weighted by Crippen LogP contribution is 2.37. The summed E-state index contributed by atoms with van der Waals surface area (Å²) in [7, 11) is 3.26. The molecule has 0 amide bonds. The van der Waals surface area contributed by atoms with Crippen molar-refractivity contribution in [3.05, 3.63) is 47.5 Å². The van der Waals surface area contributed by atoms with Gasteiger partial charge in [0.25, 0.3) is 0 Å². The van der Waals surface area contributed by atoms with Crippen LogP contribution in [-0.4, -0.2) is 44.2 Å². The van der Waals surface area contributed by atoms with Crippen LogP contribution in [-0.2, 0) is 26.0 Å². The molecular formula is C27H36BrNO5. The molecular weight excluding hydrogens is 498 g/mol. The Balaban J connectivity index is 1.97. The Bertz CT molecular complexity index is 953. The maximum Gasteiger partial charge on any atom is 0.324 e. The number of ether oxygens (including phenoxy) is 4. The number of nitrogens with one attached hydrogen (secondary N) is 1. The first-order chi connectivity index (χ1) is 16.1. The number of hydrogen-bond donors (Lipinski definition) is 1. The second-order valence-corrected chi connectivity index (χ2v) is 10.4. The van der Waals surface area contributed by atoms with E-state index in [9.17, 15) is 4.79 Å². The van der Waals surface area contributed by atoms with Gasteiger partial charge in [-0.3, -0.25) is 10.1 Å². The molecule has 1 N–H and O–H groups in total. The number of carbonyl (C=O) groups excluding carboxylic acids is 1. The molecule has 1 heterocycles. The van der Waals surface area contributed by atoms with E-state index in [2.05, 4.69) is 45.5 Å². The molecule has 7 heteroatoms. The summed E-state index contributed by atoms with van der Waals surface area (Å²) in [6.07, 6.45) is 2.10. The predicted octanol–water partition coefficient (Wildman–Crippen LogP) is 5.63. The summed E-state index contributed by atoms with van der Waals surface area (Å²) in [6, 6.07) is 11.7. The molecule has 0 radical (unpaired) electrons. The predicted molar refractivity (Wildman–Crippen MR) is 138 cm³/mol. The van der Waals surface area contributed by atoms with Crippen LogP contribution in [0.3, 0.4) is 0 Å². The average molecular weight is 534 g/mol. The number of alkyl halides is 1. The topological polar surface area (TPSA) is 66.0 Å². The molecule has 1 aliphatic rings. The van der Waals surface area contributed by atoms with E-state index in [0.717, 1.165) is 34.9 Å². The number of hydrogen-bond acceptors (Lipinski definition) is 6. The van der Waals surface area contributed by atoms with E-state index in [0.29, 0.717) is 24.5 Å². The minimum atomic E-state index is -0.630. The van der Waals surface area contributed by atoms with Crippen molar-refractivity contribution in [2.45, 2.75) is 69.7 Å². The SMILES string of the molecule is COc1cc(-c2ccc(CBr)cc2)cc(OC)c1C[C@H](NC1(C)CCCO1)C(=O)OC(C)(C)C. The zero-order valence-electron chi connectivity index (χ0n) is 21.0. The number of benzene rings is 2. The summed E-state index contributed by atoms with van der Waals surface area (Å²) in [4.78, 5) is 13.2. The molecule has 3 rings (SSSR count). The van der Waals surface area contributed by atoms with Gasteiger partial charge in [-0.25, -0.2) is 0 Å². The van der Waals surface area contributed by atoms with E-state index < -0.39 is 17.4 Å². The van der Waals surface area contributed by atoms with Crippen molar-refractivity contribution in [1.82, 2.24) is 5.32 Å². The summed E-state index contributed by atoms with van der Waals surface area (Å²) in [6.45, 7) is 8.25. The van der Waals surface area contributed by atoms with Crippen LogP contribution in [0.25, 0.3) is 11.1 Å². The first-order valence-corrected chi connectivity index (χ1v) is 12.7. The normalized spacial score (nSPS) is 19.0. The Kier molecular flexibility index (Phi) is 8.66. The third-order valence-corrected chi connectivity index (χ3v) is 6.49. The monoisotopic (exact) mass is 533 g/mol. The van der Waals surface area contributed by atoms with E-state index in [1.807, 2.05) is 39.8 Å². The maximum absolute atomic E-state index is 13.2. The maximum atomic E-state index is 13.2. The van der Waals surface area contributed by atoms with Crippen molar-refractivity contribution in [3.8, 4) is 22.6 Å². The van der Waals surface area contributed by atoms with Gasteiger partial charge in [0.05, 0.1) is 14.2 Å². The molecule has 1 fully saturated rings. The molecule has 1 unspecified atom stereocenters. The summed E-state index contributed by atoms with van der Waals surface area (Å²) >= 11 is 3.49. The molecule has 6 nitrogen and oxygen atoms in total. The lowest BCUT2D eigenvalue weighted by molar-refractivity contribution is -0.160. The highest BCUT2D eigenvalue weighted by Gasteiger charge is 2.37. The zero-order valence-corrected chi connectivity index (χ0v) is 22.6. The van der Waals surface area contributed by atoms with Crippen LogP contribution in [0.2, 0.25) is 0 Å². The fourth-order valence-electron chi connectivity index (χ4n) is 4.17. The third-order valence-electron chi connectivity index (χ3n) is 5.85. The van der Waals surface area contributed by atoms with Crippen LogP contribution < -0.4 is 14.8 Å². The van der Waals surface area contributed by atoms with Gasteiger partial charge in [-0.2, -0.15) is 0 Å². The van der Waals surface area contributed by atoms with Crippen LogP contribution in [0.1, 0.15) is 51.7 Å². The van der Waals surface area contributed by atoms with E-state index in [1.165, 1.54) is 5.56 Å². The number of methoxy groups -OCH3 is 2. The van der Waals surface area contributed by atoms with E-state index in [1.54, 1.807) is 14.2 Å². The smallest absolute Gasteiger partial charge is 0.324 e. The number of rotatable bonds is 9. The van der Waals surface area contributed by atoms with Gasteiger partial charge in [-0.1, -0.05) is 40.2 Å². The summed E-state index contributed by atoms with van der Waals surface area (Å²) in [5, 5.41) is 4.22. The molecule has 34 heavy (non-hydrogen) atoms. The molecule has 2 atom stereocenters. The molecule has 0 spiro atoms. The van der Waals surface area contributed by atoms with Gasteiger partial charge in [-0.05, 0) is 69.4 Å². The van der Waals surface area contributed by atoms with Crippen molar-refractivity contribution in [3.63, 3.8) is 0 Å². The molecule has 0 bridgehead atoms. The lowest BCUT2D eigenvalue weighted by atomic mass is 9.96. The van der Waals surface area contributed by atoms with Crippen molar-refractivity contribution in [2.24, 2.45) is 0 Å². The number of halogens is 1. The lowest BCUT2D eigenvalue weighted by Gasteiger charge is -2.32. The zero-order chi connectivity index (χ0) is 24.9. The Labute approximate surface area is 211 Å². The Morgan fingerprint density at radius 2 is 1.74 bits per heavy atom. The summed E-state index contributed by atoms with van der Waals surface area (Å²) in [5.74, 6) is 0.987. The van der Waals surface area contributed by atoms with Gasteiger partial charge < -0.3 is 18.9 Å².